The van der Waals surface area contributed by atoms with Crippen molar-refractivity contribution in [2.24, 2.45) is 0 Å². The molecule has 0 radical (unpaired) electrons. The number of rotatable bonds is 6. The smallest absolute Gasteiger partial charge is 0.258 e. The van der Waals surface area contributed by atoms with Crippen LogP contribution in [0.5, 0.6) is 0 Å². The first-order chi connectivity index (χ1) is 12.6. The highest BCUT2D eigenvalue weighted by Crippen LogP contribution is 2.15. The molecule has 0 atom stereocenters. The molecule has 5 nitrogen and oxygen atoms in total. The molecule has 3 rings (SSSR count). The van der Waals surface area contributed by atoms with Gasteiger partial charge in [-0.05, 0) is 42.1 Å². The number of thiophene rings is 1. The van der Waals surface area contributed by atoms with Crippen LogP contribution in [-0.4, -0.2) is 27.3 Å². The van der Waals surface area contributed by atoms with Gasteiger partial charge < -0.3 is 9.88 Å². The van der Waals surface area contributed by atoms with Crippen molar-refractivity contribution in [1.82, 2.24) is 14.9 Å². The minimum atomic E-state index is -0.236. The van der Waals surface area contributed by atoms with Gasteiger partial charge in [0.15, 0.2) is 0 Å². The van der Waals surface area contributed by atoms with Crippen LogP contribution >= 0.6 is 22.9 Å². The van der Waals surface area contributed by atoms with Crippen molar-refractivity contribution in [3.63, 3.8) is 0 Å². The number of benzene rings is 1. The molecular formula is C19H18ClN3O2S. The van der Waals surface area contributed by atoms with E-state index in [1.165, 1.54) is 0 Å². The number of halogens is 1. The van der Waals surface area contributed by atoms with Crippen molar-refractivity contribution in [2.75, 3.05) is 6.54 Å². The molecule has 2 aromatic heterocycles. The van der Waals surface area contributed by atoms with Crippen LogP contribution in [0.1, 0.15) is 24.0 Å². The third-order valence-electron chi connectivity index (χ3n) is 3.80. The van der Waals surface area contributed by atoms with Crippen molar-refractivity contribution >= 4 is 45.8 Å². The van der Waals surface area contributed by atoms with Crippen LogP contribution in [0, 0.1) is 0 Å². The quantitative estimate of drug-likeness (QED) is 0.648. The topological polar surface area (TPSA) is 66.1 Å². The molecule has 0 saturated heterocycles. The van der Waals surface area contributed by atoms with Crippen LogP contribution in [-0.2, 0) is 11.3 Å². The summed E-state index contributed by atoms with van der Waals surface area (Å²) in [6, 6.07) is 8.84. The van der Waals surface area contributed by atoms with E-state index in [1.54, 1.807) is 46.6 Å². The first-order valence-corrected chi connectivity index (χ1v) is 9.51. The number of nitrogens with one attached hydrogen (secondary N) is 1. The fraction of sp³-hybridized carbons (Fsp3) is 0.211. The molecule has 1 N–H and O–H groups in total. The third kappa shape index (κ3) is 4.39. The van der Waals surface area contributed by atoms with E-state index in [0.29, 0.717) is 28.3 Å². The van der Waals surface area contributed by atoms with Gasteiger partial charge in [-0.2, -0.15) is 0 Å². The molecule has 0 spiro atoms. The van der Waals surface area contributed by atoms with Crippen LogP contribution in [0.25, 0.3) is 17.0 Å². The van der Waals surface area contributed by atoms with Crippen LogP contribution in [0.15, 0.2) is 46.6 Å². The van der Waals surface area contributed by atoms with Crippen molar-refractivity contribution in [1.29, 1.82) is 0 Å². The van der Waals surface area contributed by atoms with Crippen molar-refractivity contribution < 1.29 is 4.79 Å². The summed E-state index contributed by atoms with van der Waals surface area (Å²) in [6.45, 7) is 2.81. The zero-order chi connectivity index (χ0) is 18.5. The molecule has 0 aliphatic rings. The zero-order valence-corrected chi connectivity index (χ0v) is 15.8. The molecule has 0 fully saturated rings. The fourth-order valence-electron chi connectivity index (χ4n) is 2.60. The van der Waals surface area contributed by atoms with Crippen LogP contribution < -0.4 is 5.56 Å². The molecule has 0 unspecified atom stereocenters. The van der Waals surface area contributed by atoms with Gasteiger partial charge in [-0.15, -0.1) is 11.3 Å². The maximum atomic E-state index is 12.5. The SMILES string of the molecule is CCCN(Cc1nc2cc(Cl)ccc2c(=O)[nH]1)C(=O)C=Cc1cccs1. The normalized spacial score (nSPS) is 11.3. The molecule has 1 aromatic carbocycles. The van der Waals surface area contributed by atoms with Gasteiger partial charge in [-0.1, -0.05) is 24.6 Å². The lowest BCUT2D eigenvalue weighted by molar-refractivity contribution is -0.126. The summed E-state index contributed by atoms with van der Waals surface area (Å²) >= 11 is 7.56. The Bertz CT molecular complexity index is 996. The predicted molar refractivity (Wildman–Crippen MR) is 106 cm³/mol. The van der Waals surface area contributed by atoms with Gasteiger partial charge >= 0.3 is 0 Å². The number of hydrogen-bond acceptors (Lipinski definition) is 4. The van der Waals surface area contributed by atoms with E-state index in [-0.39, 0.29) is 18.0 Å². The first kappa shape index (κ1) is 18.4. The van der Waals surface area contributed by atoms with Crippen molar-refractivity contribution in [2.45, 2.75) is 19.9 Å². The summed E-state index contributed by atoms with van der Waals surface area (Å²) in [5, 5.41) is 2.95. The lowest BCUT2D eigenvalue weighted by Crippen LogP contribution is -2.31. The molecule has 7 heteroatoms. The predicted octanol–water partition coefficient (Wildman–Crippen LogP) is 4.09. The highest BCUT2D eigenvalue weighted by Gasteiger charge is 2.13. The molecule has 26 heavy (non-hydrogen) atoms. The van der Waals surface area contributed by atoms with Crippen LogP contribution in [0.2, 0.25) is 5.02 Å². The Morgan fingerprint density at radius 3 is 2.96 bits per heavy atom. The molecule has 1 amide bonds. The van der Waals surface area contributed by atoms with E-state index in [0.717, 1.165) is 11.3 Å². The third-order valence-corrected chi connectivity index (χ3v) is 4.87. The average molecular weight is 388 g/mol. The van der Waals surface area contributed by atoms with Crippen molar-refractivity contribution in [3.8, 4) is 0 Å². The van der Waals surface area contributed by atoms with E-state index in [9.17, 15) is 9.59 Å². The van der Waals surface area contributed by atoms with E-state index in [1.807, 2.05) is 24.4 Å². The van der Waals surface area contributed by atoms with E-state index in [2.05, 4.69) is 9.97 Å². The van der Waals surface area contributed by atoms with Crippen molar-refractivity contribution in [3.05, 3.63) is 67.9 Å². The highest BCUT2D eigenvalue weighted by molar-refractivity contribution is 7.10. The van der Waals surface area contributed by atoms with E-state index < -0.39 is 0 Å². The Hall–Kier alpha value is -2.44. The Labute approximate surface area is 160 Å². The summed E-state index contributed by atoms with van der Waals surface area (Å²) in [5.74, 6) is 0.324. The summed E-state index contributed by atoms with van der Waals surface area (Å²) in [5.41, 5.74) is 0.286. The summed E-state index contributed by atoms with van der Waals surface area (Å²) in [4.78, 5) is 34.7. The number of hydrogen-bond donors (Lipinski definition) is 1. The second-order valence-corrected chi connectivity index (χ2v) is 7.20. The standard InChI is InChI=1S/C19H18ClN3O2S/c1-2-9-23(18(24)8-6-14-4-3-10-26-14)12-17-21-16-11-13(20)5-7-15(16)19(25)22-17/h3-8,10-11H,2,9,12H2,1H3,(H,21,22,25). The molecule has 3 aromatic rings. The molecule has 0 aliphatic carbocycles. The van der Waals surface area contributed by atoms with E-state index in [4.69, 9.17) is 11.6 Å². The number of nitrogens with zero attached hydrogens (tertiary/aromatic N) is 2. The van der Waals surface area contributed by atoms with Gasteiger partial charge in [0, 0.05) is 22.5 Å². The first-order valence-electron chi connectivity index (χ1n) is 8.26. The summed E-state index contributed by atoms with van der Waals surface area (Å²) < 4.78 is 0. The van der Waals surface area contributed by atoms with Crippen LogP contribution in [0.4, 0.5) is 0 Å². The average Bonchev–Trinajstić information content (AvgIpc) is 3.12. The molecule has 2 heterocycles. The molecule has 0 saturated carbocycles. The Balaban J connectivity index is 1.84. The Morgan fingerprint density at radius 2 is 2.23 bits per heavy atom. The van der Waals surface area contributed by atoms with Crippen LogP contribution in [0.3, 0.4) is 0 Å². The summed E-state index contributed by atoms with van der Waals surface area (Å²) in [7, 11) is 0. The number of fused-ring (bicyclic) bond motifs is 1. The molecular weight excluding hydrogens is 370 g/mol. The highest BCUT2D eigenvalue weighted by atomic mass is 35.5. The fourth-order valence-corrected chi connectivity index (χ4v) is 3.38. The van der Waals surface area contributed by atoms with E-state index >= 15 is 0 Å². The Morgan fingerprint density at radius 1 is 1.38 bits per heavy atom. The molecule has 0 aliphatic heterocycles. The minimum Gasteiger partial charge on any atom is -0.332 e. The maximum Gasteiger partial charge on any atom is 0.258 e. The number of carbonyl (C=O) groups excluding carboxylic acids is 1. The van der Waals surface area contributed by atoms with Gasteiger partial charge in [0.1, 0.15) is 5.82 Å². The Kier molecular flexibility index (Phi) is 5.85. The lowest BCUT2D eigenvalue weighted by Gasteiger charge is -2.20. The van der Waals surface area contributed by atoms with Gasteiger partial charge in [-0.25, -0.2) is 4.98 Å². The minimum absolute atomic E-state index is 0.117. The van der Waals surface area contributed by atoms with Gasteiger partial charge in [0.05, 0.1) is 17.4 Å². The monoisotopic (exact) mass is 387 g/mol. The number of H-pyrrole nitrogens is 1. The number of amides is 1. The van der Waals surface area contributed by atoms with Gasteiger partial charge in [-0.3, -0.25) is 9.59 Å². The number of carbonyl (C=O) groups is 1. The van der Waals surface area contributed by atoms with Gasteiger partial charge in [0.25, 0.3) is 5.56 Å². The molecule has 0 bridgehead atoms. The second-order valence-electron chi connectivity index (χ2n) is 5.78. The lowest BCUT2D eigenvalue weighted by atomic mass is 10.2. The zero-order valence-electron chi connectivity index (χ0n) is 14.2. The molecule has 134 valence electrons. The number of aromatic nitrogens is 2. The maximum absolute atomic E-state index is 12.5. The van der Waals surface area contributed by atoms with Gasteiger partial charge in [0.2, 0.25) is 5.91 Å². The summed E-state index contributed by atoms with van der Waals surface area (Å²) in [6.07, 6.45) is 4.16. The second kappa shape index (κ2) is 8.29. The largest absolute Gasteiger partial charge is 0.332 e. The number of aromatic amines is 1.